The highest BCUT2D eigenvalue weighted by Crippen LogP contribution is 2.31. The van der Waals surface area contributed by atoms with Gasteiger partial charge in [0.2, 0.25) is 0 Å². The third kappa shape index (κ3) is 3.72. The van der Waals surface area contributed by atoms with Crippen molar-refractivity contribution in [2.45, 2.75) is 39.0 Å². The molecule has 1 aromatic rings. The second-order valence-corrected chi connectivity index (χ2v) is 5.04. The van der Waals surface area contributed by atoms with E-state index in [1.807, 2.05) is 0 Å². The molecule has 3 heteroatoms. The first-order valence-electron chi connectivity index (χ1n) is 7.45. The van der Waals surface area contributed by atoms with E-state index in [1.165, 1.54) is 30.4 Å². The van der Waals surface area contributed by atoms with E-state index in [0.29, 0.717) is 5.92 Å². The number of nitrogens with one attached hydrogen (secondary N) is 2. The van der Waals surface area contributed by atoms with E-state index in [2.05, 4.69) is 48.7 Å². The average Bonchev–Trinajstić information content (AvgIpc) is 2.45. The Labute approximate surface area is 116 Å². The van der Waals surface area contributed by atoms with Crippen molar-refractivity contribution in [1.29, 1.82) is 0 Å². The van der Waals surface area contributed by atoms with Crippen molar-refractivity contribution in [2.75, 3.05) is 19.6 Å². The number of nitrogens with zero attached hydrogens (tertiary/aromatic N) is 1. The molecule has 0 aliphatic heterocycles. The summed E-state index contributed by atoms with van der Waals surface area (Å²) >= 11 is 0. The summed E-state index contributed by atoms with van der Waals surface area (Å²) in [5.41, 5.74) is 3.02. The molecule has 1 aromatic carbocycles. The SMILES string of the molecule is CCNC(=NCC1CCCc2ccccc21)NCC. The van der Waals surface area contributed by atoms with Gasteiger partial charge in [-0.15, -0.1) is 0 Å². The zero-order chi connectivity index (χ0) is 13.5. The molecular weight excluding hydrogens is 234 g/mol. The zero-order valence-corrected chi connectivity index (χ0v) is 12.1. The first-order chi connectivity index (χ1) is 9.35. The lowest BCUT2D eigenvalue weighted by molar-refractivity contribution is 0.559. The normalized spacial score (nSPS) is 17.5. The molecule has 3 nitrogen and oxygen atoms in total. The van der Waals surface area contributed by atoms with Crippen LogP contribution in [0.15, 0.2) is 29.3 Å². The molecule has 0 heterocycles. The van der Waals surface area contributed by atoms with Crippen LogP contribution in [0, 0.1) is 0 Å². The van der Waals surface area contributed by atoms with Gasteiger partial charge in [-0.3, -0.25) is 4.99 Å². The maximum Gasteiger partial charge on any atom is 0.191 e. The van der Waals surface area contributed by atoms with E-state index in [4.69, 9.17) is 4.99 Å². The minimum Gasteiger partial charge on any atom is -0.357 e. The van der Waals surface area contributed by atoms with Crippen molar-refractivity contribution in [3.05, 3.63) is 35.4 Å². The predicted octanol–water partition coefficient (Wildman–Crippen LogP) is 2.68. The summed E-state index contributed by atoms with van der Waals surface area (Å²) in [7, 11) is 0. The lowest BCUT2D eigenvalue weighted by Crippen LogP contribution is -2.37. The summed E-state index contributed by atoms with van der Waals surface area (Å²) in [4.78, 5) is 4.72. The molecule has 1 unspecified atom stereocenters. The van der Waals surface area contributed by atoms with Crippen molar-refractivity contribution in [1.82, 2.24) is 10.6 Å². The van der Waals surface area contributed by atoms with Crippen LogP contribution in [0.4, 0.5) is 0 Å². The highest BCUT2D eigenvalue weighted by atomic mass is 15.2. The first-order valence-corrected chi connectivity index (χ1v) is 7.45. The Balaban J connectivity index is 2.05. The largest absolute Gasteiger partial charge is 0.357 e. The Morgan fingerprint density at radius 1 is 1.21 bits per heavy atom. The highest BCUT2D eigenvalue weighted by molar-refractivity contribution is 5.79. The summed E-state index contributed by atoms with van der Waals surface area (Å²) in [5.74, 6) is 1.52. The highest BCUT2D eigenvalue weighted by Gasteiger charge is 2.19. The minimum absolute atomic E-state index is 0.581. The van der Waals surface area contributed by atoms with Crippen LogP contribution in [0.5, 0.6) is 0 Å². The van der Waals surface area contributed by atoms with E-state index in [-0.39, 0.29) is 0 Å². The van der Waals surface area contributed by atoms with Crippen LogP contribution >= 0.6 is 0 Å². The molecule has 0 spiro atoms. The Morgan fingerprint density at radius 2 is 1.95 bits per heavy atom. The summed E-state index contributed by atoms with van der Waals surface area (Å²) in [6, 6.07) is 8.83. The second-order valence-electron chi connectivity index (χ2n) is 5.04. The van der Waals surface area contributed by atoms with Crippen LogP contribution in [0.2, 0.25) is 0 Å². The molecule has 0 radical (unpaired) electrons. The van der Waals surface area contributed by atoms with Gasteiger partial charge in [0, 0.05) is 25.6 Å². The van der Waals surface area contributed by atoms with Gasteiger partial charge in [-0.25, -0.2) is 0 Å². The van der Waals surface area contributed by atoms with Gasteiger partial charge in [-0.1, -0.05) is 24.3 Å². The van der Waals surface area contributed by atoms with Crippen LogP contribution in [-0.4, -0.2) is 25.6 Å². The minimum atomic E-state index is 0.581. The van der Waals surface area contributed by atoms with Crippen LogP contribution in [-0.2, 0) is 6.42 Å². The summed E-state index contributed by atoms with van der Waals surface area (Å²) in [5, 5.41) is 6.57. The van der Waals surface area contributed by atoms with E-state index in [0.717, 1.165) is 25.6 Å². The summed E-state index contributed by atoms with van der Waals surface area (Å²) in [6.45, 7) is 6.90. The van der Waals surface area contributed by atoms with Gasteiger partial charge in [0.15, 0.2) is 5.96 Å². The van der Waals surface area contributed by atoms with Crippen LogP contribution in [0.1, 0.15) is 43.7 Å². The quantitative estimate of drug-likeness (QED) is 0.644. The molecule has 0 bridgehead atoms. The molecule has 2 rings (SSSR count). The fraction of sp³-hybridized carbons (Fsp3) is 0.562. The molecule has 19 heavy (non-hydrogen) atoms. The number of aliphatic imine (C=N–C) groups is 1. The number of rotatable bonds is 4. The van der Waals surface area contributed by atoms with Crippen LogP contribution in [0.3, 0.4) is 0 Å². The molecule has 1 aliphatic rings. The van der Waals surface area contributed by atoms with E-state index in [1.54, 1.807) is 0 Å². The summed E-state index contributed by atoms with van der Waals surface area (Å²) < 4.78 is 0. The summed E-state index contributed by atoms with van der Waals surface area (Å²) in [6.07, 6.45) is 3.77. The Kier molecular flexibility index (Phi) is 5.25. The molecule has 104 valence electrons. The lowest BCUT2D eigenvalue weighted by Gasteiger charge is -2.24. The fourth-order valence-corrected chi connectivity index (χ4v) is 2.75. The molecule has 1 atom stereocenters. The van der Waals surface area contributed by atoms with Crippen LogP contribution < -0.4 is 10.6 Å². The first kappa shape index (κ1) is 13.9. The van der Waals surface area contributed by atoms with Crippen molar-refractivity contribution >= 4 is 5.96 Å². The van der Waals surface area contributed by atoms with Crippen molar-refractivity contribution in [3.63, 3.8) is 0 Å². The lowest BCUT2D eigenvalue weighted by atomic mass is 9.83. The van der Waals surface area contributed by atoms with Gasteiger partial charge in [-0.05, 0) is 44.2 Å². The maximum atomic E-state index is 4.72. The Hall–Kier alpha value is -1.51. The fourth-order valence-electron chi connectivity index (χ4n) is 2.75. The van der Waals surface area contributed by atoms with Gasteiger partial charge in [0.1, 0.15) is 0 Å². The molecule has 0 saturated carbocycles. The molecule has 2 N–H and O–H groups in total. The number of benzene rings is 1. The monoisotopic (exact) mass is 259 g/mol. The molecular formula is C16H25N3. The molecule has 0 amide bonds. The number of hydrogen-bond donors (Lipinski definition) is 2. The molecule has 1 aliphatic carbocycles. The van der Waals surface area contributed by atoms with Gasteiger partial charge in [0.25, 0.3) is 0 Å². The third-order valence-electron chi connectivity index (χ3n) is 3.65. The van der Waals surface area contributed by atoms with E-state index < -0.39 is 0 Å². The van der Waals surface area contributed by atoms with E-state index >= 15 is 0 Å². The smallest absolute Gasteiger partial charge is 0.191 e. The number of hydrogen-bond acceptors (Lipinski definition) is 1. The van der Waals surface area contributed by atoms with Gasteiger partial charge in [-0.2, -0.15) is 0 Å². The third-order valence-corrected chi connectivity index (χ3v) is 3.65. The molecule has 0 aromatic heterocycles. The zero-order valence-electron chi connectivity index (χ0n) is 12.1. The van der Waals surface area contributed by atoms with Gasteiger partial charge in [0.05, 0.1) is 0 Å². The van der Waals surface area contributed by atoms with Gasteiger partial charge >= 0.3 is 0 Å². The van der Waals surface area contributed by atoms with E-state index in [9.17, 15) is 0 Å². The van der Waals surface area contributed by atoms with Crippen LogP contribution in [0.25, 0.3) is 0 Å². The van der Waals surface area contributed by atoms with Crippen molar-refractivity contribution < 1.29 is 0 Å². The Bertz CT molecular complexity index is 418. The second kappa shape index (κ2) is 7.17. The Morgan fingerprint density at radius 3 is 2.68 bits per heavy atom. The average molecular weight is 259 g/mol. The molecule has 0 saturated heterocycles. The topological polar surface area (TPSA) is 36.4 Å². The molecule has 0 fully saturated rings. The van der Waals surface area contributed by atoms with Crippen molar-refractivity contribution in [3.8, 4) is 0 Å². The van der Waals surface area contributed by atoms with Gasteiger partial charge < -0.3 is 10.6 Å². The number of aryl methyl sites for hydroxylation is 1. The predicted molar refractivity (Wildman–Crippen MR) is 81.8 cm³/mol. The number of guanidine groups is 1. The standard InChI is InChI=1S/C16H25N3/c1-3-17-16(18-4-2)19-12-14-10-7-9-13-8-5-6-11-15(13)14/h5-6,8,11,14H,3-4,7,9-10,12H2,1-2H3,(H2,17,18,19). The number of fused-ring (bicyclic) bond motifs is 1. The maximum absolute atomic E-state index is 4.72. The van der Waals surface area contributed by atoms with Crippen molar-refractivity contribution in [2.24, 2.45) is 4.99 Å².